The van der Waals surface area contributed by atoms with Crippen LogP contribution in [0.4, 0.5) is 0 Å². The molecule has 86 valence electrons. The maximum absolute atomic E-state index is 5.79. The Morgan fingerprint density at radius 1 is 0.857 bits per heavy atom. The van der Waals surface area contributed by atoms with Crippen molar-refractivity contribution >= 4 is 104 Å². The lowest BCUT2D eigenvalue weighted by Gasteiger charge is -2.39. The summed E-state index contributed by atoms with van der Waals surface area (Å²) in [6.07, 6.45) is 0. The van der Waals surface area contributed by atoms with Gasteiger partial charge in [-0.25, -0.2) is 0 Å². The van der Waals surface area contributed by atoms with Gasteiger partial charge in [-0.1, -0.05) is 81.2 Å². The van der Waals surface area contributed by atoms with E-state index in [1.54, 1.807) is 0 Å². The van der Waals surface area contributed by atoms with Crippen molar-refractivity contribution < 1.29 is 0 Å². The highest BCUT2D eigenvalue weighted by Crippen LogP contribution is 2.58. The quantitative estimate of drug-likeness (QED) is 0.562. The summed E-state index contributed by atoms with van der Waals surface area (Å²) in [6.45, 7) is 0. The standard InChI is InChI=1S/C5H3Cl9/c6-1-2(7)3(8,9)4(10,11)5(12,13)14/h2H,1H2. The molecule has 0 saturated heterocycles. The van der Waals surface area contributed by atoms with Gasteiger partial charge in [0.2, 0.25) is 3.79 Å². The highest BCUT2D eigenvalue weighted by molar-refractivity contribution is 6.79. The molecule has 9 heteroatoms. The Morgan fingerprint density at radius 2 is 1.21 bits per heavy atom. The Bertz CT molecular complexity index is 192. The minimum atomic E-state index is -2.10. The molecule has 0 aliphatic rings. The number of alkyl halides is 9. The second kappa shape index (κ2) is 5.50. The van der Waals surface area contributed by atoms with Crippen molar-refractivity contribution in [3.63, 3.8) is 0 Å². The topological polar surface area (TPSA) is 0 Å². The van der Waals surface area contributed by atoms with E-state index in [4.69, 9.17) is 104 Å². The number of rotatable bonds is 3. The van der Waals surface area contributed by atoms with Crippen LogP contribution in [0.2, 0.25) is 0 Å². The van der Waals surface area contributed by atoms with Crippen LogP contribution in [0.15, 0.2) is 0 Å². The molecule has 0 amide bonds. The van der Waals surface area contributed by atoms with Crippen molar-refractivity contribution in [3.05, 3.63) is 0 Å². The van der Waals surface area contributed by atoms with Gasteiger partial charge in [0.25, 0.3) is 0 Å². The molecule has 1 unspecified atom stereocenters. The van der Waals surface area contributed by atoms with Crippen molar-refractivity contribution in [1.82, 2.24) is 0 Å². The molecule has 0 aliphatic carbocycles. The number of halogens is 9. The van der Waals surface area contributed by atoms with Gasteiger partial charge in [-0.05, 0) is 0 Å². The SMILES string of the molecule is ClCC(Cl)C(Cl)(Cl)C(Cl)(Cl)C(Cl)(Cl)Cl. The van der Waals surface area contributed by atoms with Gasteiger partial charge in [-0.2, -0.15) is 0 Å². The van der Waals surface area contributed by atoms with Crippen LogP contribution in [0.1, 0.15) is 0 Å². The first-order valence-corrected chi connectivity index (χ1v) is 6.62. The van der Waals surface area contributed by atoms with E-state index >= 15 is 0 Å². The predicted molar refractivity (Wildman–Crippen MR) is 69.5 cm³/mol. The normalized spacial score (nSPS) is 16.9. The fraction of sp³-hybridized carbons (Fsp3) is 1.00. The zero-order chi connectivity index (χ0) is 11.8. The van der Waals surface area contributed by atoms with Crippen LogP contribution in [0.5, 0.6) is 0 Å². The third-order valence-corrected chi connectivity index (χ3v) is 6.55. The third-order valence-electron chi connectivity index (χ3n) is 1.30. The lowest BCUT2D eigenvalue weighted by molar-refractivity contribution is 0.650. The van der Waals surface area contributed by atoms with Gasteiger partial charge in [0, 0.05) is 5.88 Å². The van der Waals surface area contributed by atoms with Crippen molar-refractivity contribution in [2.24, 2.45) is 0 Å². The Balaban J connectivity index is 5.07. The van der Waals surface area contributed by atoms with E-state index in [0.29, 0.717) is 0 Å². The maximum atomic E-state index is 5.79. The monoisotopic (exact) mass is 378 g/mol. The molecular formula is C5H3Cl9. The van der Waals surface area contributed by atoms with Crippen LogP contribution < -0.4 is 0 Å². The molecular weight excluding hydrogens is 379 g/mol. The molecule has 0 aliphatic heterocycles. The van der Waals surface area contributed by atoms with Crippen LogP contribution >= 0.6 is 104 Å². The molecule has 0 radical (unpaired) electrons. The fourth-order valence-corrected chi connectivity index (χ4v) is 2.59. The van der Waals surface area contributed by atoms with Gasteiger partial charge >= 0.3 is 0 Å². The maximum Gasteiger partial charge on any atom is 0.226 e. The van der Waals surface area contributed by atoms with E-state index in [9.17, 15) is 0 Å². The van der Waals surface area contributed by atoms with Crippen LogP contribution in [0.3, 0.4) is 0 Å². The Morgan fingerprint density at radius 3 is 1.43 bits per heavy atom. The minimum Gasteiger partial charge on any atom is -0.125 e. The lowest BCUT2D eigenvalue weighted by atomic mass is 10.2. The fourth-order valence-electron chi connectivity index (χ4n) is 0.483. The summed E-state index contributed by atoms with van der Waals surface area (Å²) in [5.74, 6) is -0.101. The summed E-state index contributed by atoms with van der Waals surface area (Å²) in [4.78, 5) is 0. The molecule has 0 N–H and O–H groups in total. The molecule has 0 fully saturated rings. The average Bonchev–Trinajstić information content (AvgIpc) is 2.00. The Kier molecular flexibility index (Phi) is 6.53. The molecule has 0 aromatic rings. The second-order valence-electron chi connectivity index (χ2n) is 2.32. The summed E-state index contributed by atoms with van der Waals surface area (Å²) in [6, 6.07) is 0. The van der Waals surface area contributed by atoms with Crippen LogP contribution in [-0.4, -0.2) is 23.7 Å². The predicted octanol–water partition coefficient (Wildman–Crippen LogP) is 5.55. The zero-order valence-electron chi connectivity index (χ0n) is 6.19. The van der Waals surface area contributed by atoms with Crippen LogP contribution in [0, 0.1) is 0 Å². The molecule has 0 saturated carbocycles. The Labute approximate surface area is 127 Å². The summed E-state index contributed by atoms with van der Waals surface area (Å²) < 4.78 is -6.08. The van der Waals surface area contributed by atoms with Crippen molar-refractivity contribution in [2.75, 3.05) is 5.88 Å². The highest BCUT2D eigenvalue weighted by Gasteiger charge is 2.62. The number of hydrogen-bond donors (Lipinski definition) is 0. The van der Waals surface area contributed by atoms with Crippen molar-refractivity contribution in [3.8, 4) is 0 Å². The second-order valence-corrected chi connectivity index (χ2v) is 8.15. The first-order chi connectivity index (χ1) is 5.98. The van der Waals surface area contributed by atoms with Gasteiger partial charge in [0.1, 0.15) is 0 Å². The highest BCUT2D eigenvalue weighted by atomic mass is 35.6. The Hall–Kier alpha value is 2.61. The molecule has 0 heterocycles. The van der Waals surface area contributed by atoms with E-state index < -0.39 is 17.8 Å². The first-order valence-electron chi connectivity index (χ1n) is 3.01. The first kappa shape index (κ1) is 16.6. The molecule has 0 nitrogen and oxygen atoms in total. The smallest absolute Gasteiger partial charge is 0.125 e. The lowest BCUT2D eigenvalue weighted by Crippen LogP contribution is -2.52. The van der Waals surface area contributed by atoms with E-state index in [1.807, 2.05) is 0 Å². The molecule has 14 heavy (non-hydrogen) atoms. The number of hydrogen-bond acceptors (Lipinski definition) is 0. The molecule has 0 rings (SSSR count). The van der Waals surface area contributed by atoms with Gasteiger partial charge in [0.05, 0.1) is 5.38 Å². The van der Waals surface area contributed by atoms with Crippen LogP contribution in [0.25, 0.3) is 0 Å². The van der Waals surface area contributed by atoms with E-state index in [-0.39, 0.29) is 5.88 Å². The van der Waals surface area contributed by atoms with E-state index in [1.165, 1.54) is 0 Å². The molecule has 0 aromatic carbocycles. The molecule has 1 atom stereocenters. The average molecular weight is 382 g/mol. The zero-order valence-corrected chi connectivity index (χ0v) is 13.0. The third kappa shape index (κ3) is 3.31. The largest absolute Gasteiger partial charge is 0.226 e. The summed E-state index contributed by atoms with van der Waals surface area (Å²) in [7, 11) is 0. The van der Waals surface area contributed by atoms with Gasteiger partial charge in [0.15, 0.2) is 8.67 Å². The van der Waals surface area contributed by atoms with Crippen molar-refractivity contribution in [1.29, 1.82) is 0 Å². The molecule has 0 aromatic heterocycles. The minimum absolute atomic E-state index is 0.101. The van der Waals surface area contributed by atoms with Crippen molar-refractivity contribution in [2.45, 2.75) is 17.8 Å². The van der Waals surface area contributed by atoms with Gasteiger partial charge < -0.3 is 0 Å². The summed E-state index contributed by atoms with van der Waals surface area (Å²) in [5.41, 5.74) is 0. The molecule has 0 spiro atoms. The van der Waals surface area contributed by atoms with Gasteiger partial charge in [-0.15, -0.1) is 23.2 Å². The van der Waals surface area contributed by atoms with E-state index in [0.717, 1.165) is 0 Å². The van der Waals surface area contributed by atoms with Gasteiger partial charge in [-0.3, -0.25) is 0 Å². The molecule has 0 bridgehead atoms. The van der Waals surface area contributed by atoms with Crippen LogP contribution in [-0.2, 0) is 0 Å². The van der Waals surface area contributed by atoms with E-state index in [2.05, 4.69) is 0 Å². The summed E-state index contributed by atoms with van der Waals surface area (Å²) >= 11 is 50.7. The summed E-state index contributed by atoms with van der Waals surface area (Å²) in [5, 5.41) is -0.974.